The maximum Gasteiger partial charge on any atom is 0.254 e. The van der Waals surface area contributed by atoms with E-state index < -0.39 is 23.2 Å². The molecule has 1 amide bonds. The van der Waals surface area contributed by atoms with Crippen LogP contribution in [-0.4, -0.2) is 23.2 Å². The zero-order chi connectivity index (χ0) is 10.0. The van der Waals surface area contributed by atoms with Crippen molar-refractivity contribution >= 4 is 5.91 Å². The predicted octanol–water partition coefficient (Wildman–Crippen LogP) is 0.596. The standard InChI is InChI=1S/C8H8FNO3/c1-10-8(13)4-2-6(11)7(12)3-5(4)9/h2-3,11-12H,1H3,(H,10,13). The van der Waals surface area contributed by atoms with Crippen LogP contribution in [-0.2, 0) is 0 Å². The first-order valence-corrected chi connectivity index (χ1v) is 3.50. The molecule has 0 fully saturated rings. The zero-order valence-corrected chi connectivity index (χ0v) is 6.84. The van der Waals surface area contributed by atoms with Crippen LogP contribution in [0.15, 0.2) is 12.1 Å². The van der Waals surface area contributed by atoms with Crippen LogP contribution in [0, 0.1) is 5.82 Å². The van der Waals surface area contributed by atoms with Gasteiger partial charge in [-0.25, -0.2) is 4.39 Å². The van der Waals surface area contributed by atoms with Gasteiger partial charge >= 0.3 is 0 Å². The van der Waals surface area contributed by atoms with Crippen LogP contribution >= 0.6 is 0 Å². The third kappa shape index (κ3) is 1.69. The Morgan fingerprint density at radius 1 is 1.38 bits per heavy atom. The molecule has 4 nitrogen and oxygen atoms in total. The third-order valence-corrected chi connectivity index (χ3v) is 1.54. The Kier molecular flexibility index (Phi) is 2.36. The van der Waals surface area contributed by atoms with Gasteiger partial charge in [-0.2, -0.15) is 0 Å². The van der Waals surface area contributed by atoms with Crippen LogP contribution in [0.4, 0.5) is 4.39 Å². The molecule has 0 unspecified atom stereocenters. The summed E-state index contributed by atoms with van der Waals surface area (Å²) in [6.45, 7) is 0. The van der Waals surface area contributed by atoms with Gasteiger partial charge in [0.15, 0.2) is 11.5 Å². The molecule has 0 saturated heterocycles. The van der Waals surface area contributed by atoms with Crippen LogP contribution in [0.3, 0.4) is 0 Å². The summed E-state index contributed by atoms with van der Waals surface area (Å²) in [4.78, 5) is 11.0. The van der Waals surface area contributed by atoms with Crippen LogP contribution in [0.2, 0.25) is 0 Å². The number of benzene rings is 1. The number of carbonyl (C=O) groups excluding carboxylic acids is 1. The quantitative estimate of drug-likeness (QED) is 0.561. The fourth-order valence-corrected chi connectivity index (χ4v) is 0.860. The van der Waals surface area contributed by atoms with E-state index in [0.717, 1.165) is 6.07 Å². The van der Waals surface area contributed by atoms with Crippen molar-refractivity contribution in [2.24, 2.45) is 0 Å². The van der Waals surface area contributed by atoms with Gasteiger partial charge in [0.25, 0.3) is 5.91 Å². The smallest absolute Gasteiger partial charge is 0.254 e. The summed E-state index contributed by atoms with van der Waals surface area (Å²) < 4.78 is 12.9. The minimum atomic E-state index is -0.880. The number of halogens is 1. The molecule has 0 bridgehead atoms. The minimum absolute atomic E-state index is 0.308. The lowest BCUT2D eigenvalue weighted by Crippen LogP contribution is -2.19. The van der Waals surface area contributed by atoms with Crippen molar-refractivity contribution in [1.29, 1.82) is 0 Å². The number of aromatic hydroxyl groups is 2. The Labute approximate surface area is 73.6 Å². The van der Waals surface area contributed by atoms with Crippen LogP contribution in [0.5, 0.6) is 11.5 Å². The molecule has 1 aromatic carbocycles. The summed E-state index contributed by atoms with van der Waals surface area (Å²) in [5, 5.41) is 20.0. The predicted molar refractivity (Wildman–Crippen MR) is 43.1 cm³/mol. The summed E-state index contributed by atoms with van der Waals surface area (Å²) in [5.74, 6) is -2.66. The van der Waals surface area contributed by atoms with Crippen molar-refractivity contribution in [3.63, 3.8) is 0 Å². The van der Waals surface area contributed by atoms with E-state index >= 15 is 0 Å². The molecule has 1 aromatic rings. The normalized spacial score (nSPS) is 9.69. The van der Waals surface area contributed by atoms with Gasteiger partial charge in [0, 0.05) is 13.1 Å². The lowest BCUT2D eigenvalue weighted by Gasteiger charge is -2.03. The number of phenolic OH excluding ortho intramolecular Hbond substituents is 2. The molecule has 0 radical (unpaired) electrons. The summed E-state index contributed by atoms with van der Waals surface area (Å²) in [6.07, 6.45) is 0. The van der Waals surface area contributed by atoms with E-state index in [1.54, 1.807) is 0 Å². The lowest BCUT2D eigenvalue weighted by molar-refractivity contribution is 0.0958. The molecule has 0 aliphatic heterocycles. The monoisotopic (exact) mass is 185 g/mol. The van der Waals surface area contributed by atoms with Crippen molar-refractivity contribution in [1.82, 2.24) is 5.32 Å². The van der Waals surface area contributed by atoms with E-state index in [1.165, 1.54) is 7.05 Å². The highest BCUT2D eigenvalue weighted by Gasteiger charge is 2.13. The molecule has 0 aliphatic rings. The van der Waals surface area contributed by atoms with Crippen LogP contribution in [0.1, 0.15) is 10.4 Å². The maximum atomic E-state index is 12.9. The van der Waals surface area contributed by atoms with Crippen molar-refractivity contribution < 1.29 is 19.4 Å². The first-order chi connectivity index (χ1) is 6.06. The van der Waals surface area contributed by atoms with Crippen LogP contribution in [0.25, 0.3) is 0 Å². The van der Waals surface area contributed by atoms with Gasteiger partial charge in [0.2, 0.25) is 0 Å². The average Bonchev–Trinajstić information content (AvgIpc) is 2.10. The van der Waals surface area contributed by atoms with E-state index in [9.17, 15) is 9.18 Å². The van der Waals surface area contributed by atoms with Gasteiger partial charge in [-0.1, -0.05) is 0 Å². The molecule has 13 heavy (non-hydrogen) atoms. The molecule has 1 rings (SSSR count). The number of hydrogen-bond acceptors (Lipinski definition) is 3. The molecule has 5 heteroatoms. The fraction of sp³-hybridized carbons (Fsp3) is 0.125. The van der Waals surface area contributed by atoms with E-state index in [-0.39, 0.29) is 5.56 Å². The van der Waals surface area contributed by atoms with Gasteiger partial charge in [-0.3, -0.25) is 4.79 Å². The molecule has 3 N–H and O–H groups in total. The van der Waals surface area contributed by atoms with Crippen molar-refractivity contribution in [3.05, 3.63) is 23.5 Å². The second kappa shape index (κ2) is 3.30. The Hall–Kier alpha value is -1.78. The van der Waals surface area contributed by atoms with Gasteiger partial charge in [0.05, 0.1) is 5.56 Å². The number of nitrogens with one attached hydrogen (secondary N) is 1. The van der Waals surface area contributed by atoms with Crippen molar-refractivity contribution in [2.45, 2.75) is 0 Å². The molecule has 0 atom stereocenters. The number of rotatable bonds is 1. The Morgan fingerprint density at radius 2 is 1.92 bits per heavy atom. The summed E-state index contributed by atoms with van der Waals surface area (Å²) >= 11 is 0. The fourth-order valence-electron chi connectivity index (χ4n) is 0.860. The first kappa shape index (κ1) is 9.31. The maximum absolute atomic E-state index is 12.9. The zero-order valence-electron chi connectivity index (χ0n) is 6.84. The minimum Gasteiger partial charge on any atom is -0.504 e. The Bertz CT molecular complexity index is 351. The van der Waals surface area contributed by atoms with E-state index in [0.29, 0.717) is 6.07 Å². The van der Waals surface area contributed by atoms with Gasteiger partial charge in [-0.15, -0.1) is 0 Å². The Morgan fingerprint density at radius 3 is 2.46 bits per heavy atom. The highest BCUT2D eigenvalue weighted by atomic mass is 19.1. The summed E-state index contributed by atoms with van der Waals surface area (Å²) in [7, 11) is 1.34. The highest BCUT2D eigenvalue weighted by Crippen LogP contribution is 2.27. The Balaban J connectivity index is 3.23. The molecule has 0 aromatic heterocycles. The lowest BCUT2D eigenvalue weighted by atomic mass is 10.2. The van der Waals surface area contributed by atoms with Crippen molar-refractivity contribution in [3.8, 4) is 11.5 Å². The van der Waals surface area contributed by atoms with Gasteiger partial charge in [0.1, 0.15) is 5.82 Å². The summed E-state index contributed by atoms with van der Waals surface area (Å²) in [5.41, 5.74) is -0.308. The molecule has 0 saturated carbocycles. The molecule has 0 spiro atoms. The molecule has 0 aliphatic carbocycles. The van der Waals surface area contributed by atoms with E-state index in [1.807, 2.05) is 0 Å². The van der Waals surface area contributed by atoms with Gasteiger partial charge in [-0.05, 0) is 6.07 Å². The SMILES string of the molecule is CNC(=O)c1cc(O)c(O)cc1F. The average molecular weight is 185 g/mol. The molecular formula is C8H8FNO3. The third-order valence-electron chi connectivity index (χ3n) is 1.54. The van der Waals surface area contributed by atoms with E-state index in [2.05, 4.69) is 5.32 Å². The second-order valence-electron chi connectivity index (χ2n) is 2.40. The van der Waals surface area contributed by atoms with Gasteiger partial charge < -0.3 is 15.5 Å². The summed E-state index contributed by atoms with van der Waals surface area (Å²) in [6, 6.07) is 1.55. The van der Waals surface area contributed by atoms with E-state index in [4.69, 9.17) is 10.2 Å². The van der Waals surface area contributed by atoms with Crippen LogP contribution < -0.4 is 5.32 Å². The number of amides is 1. The number of phenols is 2. The van der Waals surface area contributed by atoms with Crippen molar-refractivity contribution in [2.75, 3.05) is 7.05 Å². The number of hydrogen-bond donors (Lipinski definition) is 3. The highest BCUT2D eigenvalue weighted by molar-refractivity contribution is 5.94. The second-order valence-corrected chi connectivity index (χ2v) is 2.40. The molecule has 70 valence electrons. The largest absolute Gasteiger partial charge is 0.504 e. The number of carbonyl (C=O) groups is 1. The first-order valence-electron chi connectivity index (χ1n) is 3.50. The topological polar surface area (TPSA) is 69.6 Å². The molecular weight excluding hydrogens is 177 g/mol. The molecule has 0 heterocycles.